The van der Waals surface area contributed by atoms with Crippen LogP contribution in [-0.4, -0.2) is 21.8 Å². The average Bonchev–Trinajstić information content (AvgIpc) is 2.82. The van der Waals surface area contributed by atoms with Gasteiger partial charge in [-0.25, -0.2) is 4.98 Å². The zero-order valence-corrected chi connectivity index (χ0v) is 12.4. The van der Waals surface area contributed by atoms with E-state index >= 15 is 0 Å². The van der Waals surface area contributed by atoms with Gasteiger partial charge in [0.05, 0.1) is 16.4 Å². The molecule has 2 aromatic rings. The first-order valence-electron chi connectivity index (χ1n) is 6.11. The van der Waals surface area contributed by atoms with Gasteiger partial charge in [-0.05, 0) is 27.8 Å². The lowest BCUT2D eigenvalue weighted by Gasteiger charge is -2.16. The van der Waals surface area contributed by atoms with Gasteiger partial charge in [0.25, 0.3) is 0 Å². The Morgan fingerprint density at radius 1 is 1.39 bits per heavy atom. The van der Waals surface area contributed by atoms with E-state index in [2.05, 4.69) is 34.6 Å². The molecule has 0 aliphatic rings. The van der Waals surface area contributed by atoms with Gasteiger partial charge in [0.1, 0.15) is 0 Å². The highest BCUT2D eigenvalue weighted by Gasteiger charge is 2.19. The number of hydrogen-bond acceptors (Lipinski definition) is 4. The van der Waals surface area contributed by atoms with Gasteiger partial charge in [-0.15, -0.1) is 11.3 Å². The molecule has 0 spiro atoms. The molecule has 1 unspecified atom stereocenters. The number of hydrogen-bond donors (Lipinski definition) is 1. The van der Waals surface area contributed by atoms with Gasteiger partial charge >= 0.3 is 0 Å². The number of aromatic nitrogens is 3. The second-order valence-electron chi connectivity index (χ2n) is 4.61. The molecule has 0 amide bonds. The maximum atomic E-state index is 4.54. The molecule has 2 heterocycles. The van der Waals surface area contributed by atoms with Gasteiger partial charge in [0.2, 0.25) is 0 Å². The van der Waals surface area contributed by atoms with Crippen LogP contribution in [0, 0.1) is 20.8 Å². The standard InChI is InChI=1S/C13H20N4S/c1-8-13(9(2)17(5)16-8)12(14-4)6-11-7-18-10(3)15-11/h7,12,14H,6H2,1-5H3. The van der Waals surface area contributed by atoms with E-state index in [1.54, 1.807) is 11.3 Å². The Hall–Kier alpha value is -1.20. The van der Waals surface area contributed by atoms with Crippen molar-refractivity contribution in [1.29, 1.82) is 0 Å². The van der Waals surface area contributed by atoms with E-state index in [0.29, 0.717) is 0 Å². The molecule has 0 aliphatic heterocycles. The third-order valence-corrected chi connectivity index (χ3v) is 4.16. The van der Waals surface area contributed by atoms with Crippen molar-refractivity contribution in [3.8, 4) is 0 Å². The summed E-state index contributed by atoms with van der Waals surface area (Å²) in [7, 11) is 3.99. The van der Waals surface area contributed by atoms with Gasteiger partial charge in [-0.2, -0.15) is 5.10 Å². The van der Waals surface area contributed by atoms with Gasteiger partial charge < -0.3 is 5.32 Å². The SMILES string of the molecule is CNC(Cc1csc(C)n1)c1c(C)nn(C)c1C. The average molecular weight is 264 g/mol. The number of thiazole rings is 1. The van der Waals surface area contributed by atoms with Crippen LogP contribution in [0.5, 0.6) is 0 Å². The molecular formula is C13H20N4S. The summed E-state index contributed by atoms with van der Waals surface area (Å²) in [5.41, 5.74) is 4.77. The lowest BCUT2D eigenvalue weighted by molar-refractivity contribution is 0.578. The van der Waals surface area contributed by atoms with Crippen LogP contribution in [0.25, 0.3) is 0 Å². The zero-order valence-electron chi connectivity index (χ0n) is 11.6. The minimum absolute atomic E-state index is 0.278. The molecule has 0 aliphatic carbocycles. The van der Waals surface area contributed by atoms with Crippen molar-refractivity contribution in [1.82, 2.24) is 20.1 Å². The third-order valence-electron chi connectivity index (χ3n) is 3.34. The molecule has 0 saturated carbocycles. The molecule has 1 atom stereocenters. The van der Waals surface area contributed by atoms with Gasteiger partial charge in [0, 0.05) is 36.1 Å². The Labute approximate surface area is 112 Å². The molecule has 2 rings (SSSR count). The van der Waals surface area contributed by atoms with Crippen molar-refractivity contribution in [2.75, 3.05) is 7.05 Å². The van der Waals surface area contributed by atoms with E-state index in [0.717, 1.165) is 22.8 Å². The number of nitrogens with one attached hydrogen (secondary N) is 1. The number of likely N-dealkylation sites (N-methyl/N-ethyl adjacent to an activating group) is 1. The molecule has 2 aromatic heterocycles. The van der Waals surface area contributed by atoms with Gasteiger partial charge in [-0.1, -0.05) is 0 Å². The summed E-state index contributed by atoms with van der Waals surface area (Å²) in [5.74, 6) is 0. The van der Waals surface area contributed by atoms with Crippen LogP contribution in [0.15, 0.2) is 5.38 Å². The second-order valence-corrected chi connectivity index (χ2v) is 5.67. The normalized spacial score (nSPS) is 12.9. The molecule has 4 nitrogen and oxygen atoms in total. The lowest BCUT2D eigenvalue weighted by Crippen LogP contribution is -2.20. The molecule has 0 aromatic carbocycles. The summed E-state index contributed by atoms with van der Waals surface area (Å²) >= 11 is 1.71. The topological polar surface area (TPSA) is 42.7 Å². The highest BCUT2D eigenvalue weighted by atomic mass is 32.1. The summed E-state index contributed by atoms with van der Waals surface area (Å²) in [6, 6.07) is 0.278. The van der Waals surface area contributed by atoms with Crippen LogP contribution in [0.2, 0.25) is 0 Å². The minimum atomic E-state index is 0.278. The fourth-order valence-corrected chi connectivity index (χ4v) is 2.98. The van der Waals surface area contributed by atoms with Crippen molar-refractivity contribution < 1.29 is 0 Å². The fraction of sp³-hybridized carbons (Fsp3) is 0.538. The predicted octanol–water partition coefficient (Wildman–Crippen LogP) is 2.31. The van der Waals surface area contributed by atoms with Crippen molar-refractivity contribution in [2.45, 2.75) is 33.2 Å². The van der Waals surface area contributed by atoms with Crippen molar-refractivity contribution >= 4 is 11.3 Å². The highest BCUT2D eigenvalue weighted by molar-refractivity contribution is 7.09. The summed E-state index contributed by atoms with van der Waals surface area (Å²) in [6.45, 7) is 6.23. The summed E-state index contributed by atoms with van der Waals surface area (Å²) in [4.78, 5) is 4.54. The Bertz CT molecular complexity index is 541. The van der Waals surface area contributed by atoms with Crippen LogP contribution in [0.1, 0.15) is 33.7 Å². The number of nitrogens with zero attached hydrogens (tertiary/aromatic N) is 3. The van der Waals surface area contributed by atoms with E-state index in [-0.39, 0.29) is 6.04 Å². The Kier molecular flexibility index (Phi) is 3.82. The molecule has 98 valence electrons. The quantitative estimate of drug-likeness (QED) is 0.921. The molecule has 0 radical (unpaired) electrons. The Morgan fingerprint density at radius 2 is 2.11 bits per heavy atom. The molecule has 5 heteroatoms. The fourth-order valence-electron chi connectivity index (χ4n) is 2.35. The smallest absolute Gasteiger partial charge is 0.0897 e. The first-order chi connectivity index (χ1) is 8.52. The second kappa shape index (κ2) is 5.20. The monoisotopic (exact) mass is 264 g/mol. The minimum Gasteiger partial charge on any atom is -0.313 e. The van der Waals surface area contributed by atoms with E-state index in [4.69, 9.17) is 0 Å². The largest absolute Gasteiger partial charge is 0.313 e. The van der Waals surface area contributed by atoms with E-state index in [1.165, 1.54) is 11.3 Å². The van der Waals surface area contributed by atoms with Crippen LogP contribution >= 0.6 is 11.3 Å². The molecule has 0 fully saturated rings. The van der Waals surface area contributed by atoms with Crippen molar-refractivity contribution in [3.05, 3.63) is 33.0 Å². The van der Waals surface area contributed by atoms with Crippen LogP contribution in [-0.2, 0) is 13.5 Å². The van der Waals surface area contributed by atoms with Crippen LogP contribution in [0.3, 0.4) is 0 Å². The first-order valence-corrected chi connectivity index (χ1v) is 6.99. The highest BCUT2D eigenvalue weighted by Crippen LogP contribution is 2.24. The maximum Gasteiger partial charge on any atom is 0.0897 e. The van der Waals surface area contributed by atoms with Gasteiger partial charge in [-0.3, -0.25) is 4.68 Å². The molecule has 1 N–H and O–H groups in total. The van der Waals surface area contributed by atoms with E-state index in [1.807, 2.05) is 25.7 Å². The predicted molar refractivity (Wildman–Crippen MR) is 75.0 cm³/mol. The first kappa shape index (κ1) is 13.2. The lowest BCUT2D eigenvalue weighted by atomic mass is 10.0. The Balaban J connectivity index is 2.28. The molecular weight excluding hydrogens is 244 g/mol. The zero-order chi connectivity index (χ0) is 13.3. The maximum absolute atomic E-state index is 4.54. The Morgan fingerprint density at radius 3 is 2.56 bits per heavy atom. The van der Waals surface area contributed by atoms with E-state index in [9.17, 15) is 0 Å². The van der Waals surface area contributed by atoms with Crippen molar-refractivity contribution in [2.24, 2.45) is 7.05 Å². The molecule has 0 saturated heterocycles. The third kappa shape index (κ3) is 2.47. The number of aryl methyl sites for hydroxylation is 3. The van der Waals surface area contributed by atoms with E-state index < -0.39 is 0 Å². The van der Waals surface area contributed by atoms with Crippen LogP contribution in [0.4, 0.5) is 0 Å². The van der Waals surface area contributed by atoms with Crippen LogP contribution < -0.4 is 5.32 Å². The summed E-state index contributed by atoms with van der Waals surface area (Å²) in [5, 5.41) is 11.1. The molecule has 0 bridgehead atoms. The summed E-state index contributed by atoms with van der Waals surface area (Å²) in [6.07, 6.45) is 0.911. The molecule has 18 heavy (non-hydrogen) atoms. The van der Waals surface area contributed by atoms with Crippen molar-refractivity contribution in [3.63, 3.8) is 0 Å². The van der Waals surface area contributed by atoms with Gasteiger partial charge in [0.15, 0.2) is 0 Å². The number of rotatable bonds is 4. The summed E-state index contributed by atoms with van der Waals surface area (Å²) < 4.78 is 1.95.